The van der Waals surface area contributed by atoms with Crippen molar-refractivity contribution >= 4 is 0 Å². The Kier molecular flexibility index (Phi) is 4.35. The first-order valence-electron chi connectivity index (χ1n) is 6.33. The lowest BCUT2D eigenvalue weighted by Gasteiger charge is -2.31. The highest BCUT2D eigenvalue weighted by atomic mass is 15.2. The van der Waals surface area contributed by atoms with Crippen molar-refractivity contribution in [3.05, 3.63) is 0 Å². The van der Waals surface area contributed by atoms with Gasteiger partial charge >= 0.3 is 0 Å². The predicted octanol–water partition coefficient (Wildman–Crippen LogP) is 2.27. The van der Waals surface area contributed by atoms with Crippen LogP contribution in [0.3, 0.4) is 0 Å². The summed E-state index contributed by atoms with van der Waals surface area (Å²) in [4.78, 5) is 2.56. The smallest absolute Gasteiger partial charge is 0.101 e. The molecule has 0 aromatic carbocycles. The zero-order chi connectivity index (χ0) is 12.2. The molecule has 3 nitrogen and oxygen atoms in total. The Morgan fingerprint density at radius 3 is 2.62 bits per heavy atom. The van der Waals surface area contributed by atoms with Crippen LogP contribution < -0.4 is 5.73 Å². The van der Waals surface area contributed by atoms with Gasteiger partial charge in [-0.2, -0.15) is 5.26 Å². The lowest BCUT2D eigenvalue weighted by molar-refractivity contribution is 0.171. The third kappa shape index (κ3) is 3.77. The standard InChI is InChI=1S/C13H25N3/c1-12(2)7-6-10-16(12)9-5-4-8-13(3,15)11-14/h4-10,15H2,1-3H3. The summed E-state index contributed by atoms with van der Waals surface area (Å²) in [5, 5.41) is 8.80. The van der Waals surface area contributed by atoms with Crippen LogP contribution >= 0.6 is 0 Å². The highest BCUT2D eigenvalue weighted by molar-refractivity contribution is 5.00. The second kappa shape index (κ2) is 5.16. The molecule has 0 amide bonds. The molecule has 0 aromatic heterocycles. The molecule has 1 rings (SSSR count). The van der Waals surface area contributed by atoms with Crippen LogP contribution in [0.2, 0.25) is 0 Å². The highest BCUT2D eigenvalue weighted by Crippen LogP contribution is 2.28. The van der Waals surface area contributed by atoms with Crippen molar-refractivity contribution in [1.29, 1.82) is 5.26 Å². The molecule has 1 aliphatic heterocycles. The Hall–Kier alpha value is -0.590. The Bertz CT molecular complexity index is 263. The van der Waals surface area contributed by atoms with Crippen LogP contribution in [-0.2, 0) is 0 Å². The van der Waals surface area contributed by atoms with E-state index in [0.717, 1.165) is 25.8 Å². The van der Waals surface area contributed by atoms with E-state index in [2.05, 4.69) is 24.8 Å². The minimum Gasteiger partial charge on any atom is -0.314 e. The van der Waals surface area contributed by atoms with Gasteiger partial charge in [0, 0.05) is 5.54 Å². The zero-order valence-electron chi connectivity index (χ0n) is 10.9. The summed E-state index contributed by atoms with van der Waals surface area (Å²) >= 11 is 0. The maximum Gasteiger partial charge on any atom is 0.101 e. The first kappa shape index (κ1) is 13.5. The van der Waals surface area contributed by atoms with E-state index in [-0.39, 0.29) is 0 Å². The molecular formula is C13H25N3. The molecule has 0 bridgehead atoms. The van der Waals surface area contributed by atoms with Crippen LogP contribution in [0.1, 0.15) is 52.9 Å². The summed E-state index contributed by atoms with van der Waals surface area (Å²) in [5.74, 6) is 0. The van der Waals surface area contributed by atoms with Crippen molar-refractivity contribution in [3.8, 4) is 6.07 Å². The maximum absolute atomic E-state index is 8.80. The van der Waals surface area contributed by atoms with Crippen LogP contribution in [0.5, 0.6) is 0 Å². The van der Waals surface area contributed by atoms with Crippen molar-refractivity contribution in [2.24, 2.45) is 5.73 Å². The Morgan fingerprint density at radius 1 is 1.44 bits per heavy atom. The summed E-state index contributed by atoms with van der Waals surface area (Å²) in [7, 11) is 0. The van der Waals surface area contributed by atoms with E-state index in [1.165, 1.54) is 19.4 Å². The van der Waals surface area contributed by atoms with Crippen LogP contribution in [0.25, 0.3) is 0 Å². The average molecular weight is 223 g/mol. The molecule has 0 saturated carbocycles. The van der Waals surface area contributed by atoms with Gasteiger partial charge in [-0.05, 0) is 66.0 Å². The van der Waals surface area contributed by atoms with Crippen molar-refractivity contribution in [2.75, 3.05) is 13.1 Å². The van der Waals surface area contributed by atoms with E-state index in [1.807, 2.05) is 6.92 Å². The number of unbranched alkanes of at least 4 members (excludes halogenated alkanes) is 1. The third-order valence-electron chi connectivity index (χ3n) is 3.70. The topological polar surface area (TPSA) is 53.1 Å². The van der Waals surface area contributed by atoms with Gasteiger partial charge in [0.05, 0.1) is 6.07 Å². The first-order valence-corrected chi connectivity index (χ1v) is 6.33. The van der Waals surface area contributed by atoms with E-state index in [9.17, 15) is 0 Å². The minimum absolute atomic E-state index is 0.376. The monoisotopic (exact) mass is 223 g/mol. The van der Waals surface area contributed by atoms with Crippen molar-refractivity contribution in [1.82, 2.24) is 4.90 Å². The van der Waals surface area contributed by atoms with Crippen molar-refractivity contribution in [3.63, 3.8) is 0 Å². The second-order valence-electron chi connectivity index (χ2n) is 5.89. The van der Waals surface area contributed by atoms with Gasteiger partial charge in [0.25, 0.3) is 0 Å². The van der Waals surface area contributed by atoms with E-state index in [1.54, 1.807) is 0 Å². The fraction of sp³-hybridized carbons (Fsp3) is 0.923. The summed E-state index contributed by atoms with van der Waals surface area (Å²) in [6, 6.07) is 2.15. The summed E-state index contributed by atoms with van der Waals surface area (Å²) in [5.41, 5.74) is 5.53. The lowest BCUT2D eigenvalue weighted by Crippen LogP contribution is -2.39. The zero-order valence-corrected chi connectivity index (χ0v) is 10.9. The average Bonchev–Trinajstić information content (AvgIpc) is 2.53. The highest BCUT2D eigenvalue weighted by Gasteiger charge is 2.31. The minimum atomic E-state index is -0.638. The molecule has 1 aliphatic rings. The predicted molar refractivity (Wildman–Crippen MR) is 66.9 cm³/mol. The molecule has 1 atom stereocenters. The molecule has 0 aliphatic carbocycles. The van der Waals surface area contributed by atoms with Crippen molar-refractivity contribution in [2.45, 2.75) is 64.0 Å². The van der Waals surface area contributed by atoms with Crippen LogP contribution in [0.15, 0.2) is 0 Å². The molecular weight excluding hydrogens is 198 g/mol. The second-order valence-corrected chi connectivity index (χ2v) is 5.89. The van der Waals surface area contributed by atoms with E-state index < -0.39 is 5.54 Å². The molecule has 0 spiro atoms. The van der Waals surface area contributed by atoms with Crippen LogP contribution in [-0.4, -0.2) is 29.1 Å². The number of rotatable bonds is 5. The quantitative estimate of drug-likeness (QED) is 0.727. The van der Waals surface area contributed by atoms with Gasteiger partial charge in [-0.1, -0.05) is 0 Å². The Morgan fingerprint density at radius 2 is 2.12 bits per heavy atom. The van der Waals surface area contributed by atoms with Gasteiger partial charge in [0.1, 0.15) is 5.54 Å². The van der Waals surface area contributed by atoms with Gasteiger partial charge in [-0.3, -0.25) is 4.90 Å². The van der Waals surface area contributed by atoms with Crippen LogP contribution in [0.4, 0.5) is 0 Å². The number of hydrogen-bond donors (Lipinski definition) is 1. The number of nitriles is 1. The largest absolute Gasteiger partial charge is 0.314 e. The summed E-state index contributed by atoms with van der Waals surface area (Å²) in [6.45, 7) is 8.83. The molecule has 1 fully saturated rings. The summed E-state index contributed by atoms with van der Waals surface area (Å²) < 4.78 is 0. The van der Waals surface area contributed by atoms with Crippen molar-refractivity contribution < 1.29 is 0 Å². The Labute approximate surface area is 99.6 Å². The summed E-state index contributed by atoms with van der Waals surface area (Å²) in [6.07, 6.45) is 5.63. The number of likely N-dealkylation sites (tertiary alicyclic amines) is 1. The fourth-order valence-electron chi connectivity index (χ4n) is 2.43. The lowest BCUT2D eigenvalue weighted by atomic mass is 9.97. The van der Waals surface area contributed by atoms with E-state index in [4.69, 9.17) is 11.0 Å². The molecule has 2 N–H and O–H groups in total. The molecule has 3 heteroatoms. The van der Waals surface area contributed by atoms with Gasteiger partial charge in [0.2, 0.25) is 0 Å². The molecule has 16 heavy (non-hydrogen) atoms. The number of hydrogen-bond acceptors (Lipinski definition) is 3. The van der Waals surface area contributed by atoms with Gasteiger partial charge in [0.15, 0.2) is 0 Å². The molecule has 1 saturated heterocycles. The maximum atomic E-state index is 8.80. The molecule has 1 unspecified atom stereocenters. The fourth-order valence-corrected chi connectivity index (χ4v) is 2.43. The number of nitrogens with two attached hydrogens (primary N) is 1. The van der Waals surface area contributed by atoms with Gasteiger partial charge in [-0.25, -0.2) is 0 Å². The first-order chi connectivity index (χ1) is 7.37. The number of nitrogens with zero attached hydrogens (tertiary/aromatic N) is 2. The molecule has 92 valence electrons. The van der Waals surface area contributed by atoms with Crippen LogP contribution in [0, 0.1) is 11.3 Å². The normalized spacial score (nSPS) is 23.9. The molecule has 0 aromatic rings. The third-order valence-corrected chi connectivity index (χ3v) is 3.70. The molecule has 1 heterocycles. The Balaban J connectivity index is 2.20. The van der Waals surface area contributed by atoms with Gasteiger partial charge < -0.3 is 5.73 Å². The molecule has 0 radical (unpaired) electrons. The van der Waals surface area contributed by atoms with E-state index in [0.29, 0.717) is 5.54 Å². The van der Waals surface area contributed by atoms with E-state index >= 15 is 0 Å². The van der Waals surface area contributed by atoms with Gasteiger partial charge in [-0.15, -0.1) is 0 Å². The SMILES string of the molecule is CC(N)(C#N)CCCCN1CCCC1(C)C.